The average Bonchev–Trinajstić information content (AvgIpc) is 2.97. The van der Waals surface area contributed by atoms with Crippen molar-refractivity contribution in [3.05, 3.63) is 63.8 Å². The van der Waals surface area contributed by atoms with E-state index in [-0.39, 0.29) is 17.2 Å². The first kappa shape index (κ1) is 17.2. The molecule has 136 valence electrons. The van der Waals surface area contributed by atoms with Gasteiger partial charge in [-0.2, -0.15) is 9.78 Å². The third kappa shape index (κ3) is 2.50. The van der Waals surface area contributed by atoms with Crippen LogP contribution in [0.25, 0.3) is 27.5 Å². The number of para-hydroxylation sites is 1. The van der Waals surface area contributed by atoms with Gasteiger partial charge >= 0.3 is 0 Å². The van der Waals surface area contributed by atoms with Crippen molar-refractivity contribution >= 4 is 39.3 Å². The summed E-state index contributed by atoms with van der Waals surface area (Å²) in [6, 6.07) is 8.81. The van der Waals surface area contributed by atoms with E-state index in [0.717, 1.165) is 0 Å². The molecule has 4 rings (SSSR count). The standard InChI is InChI=1S/C19H16ClN5O2/c1-23(2)18(26)15-14-12-7-4-8-13(20)16(12)24(3)17(14)19(27)25(22-15)11-6-5-9-21-10-11/h4-10H,1-3H3. The highest BCUT2D eigenvalue weighted by molar-refractivity contribution is 6.36. The number of aryl methyl sites for hydroxylation is 1. The first-order chi connectivity index (χ1) is 12.9. The molecule has 0 aliphatic heterocycles. The molecule has 0 atom stereocenters. The van der Waals surface area contributed by atoms with Crippen LogP contribution in [0.2, 0.25) is 5.02 Å². The Morgan fingerprint density at radius 2 is 1.93 bits per heavy atom. The van der Waals surface area contributed by atoms with Crippen LogP contribution >= 0.6 is 11.6 Å². The third-order valence-corrected chi connectivity index (χ3v) is 4.80. The summed E-state index contributed by atoms with van der Waals surface area (Å²) in [5.74, 6) is -0.301. The van der Waals surface area contributed by atoms with E-state index in [1.807, 2.05) is 6.07 Å². The molecular formula is C19H16ClN5O2. The van der Waals surface area contributed by atoms with Crippen LogP contribution in [0.1, 0.15) is 10.5 Å². The molecular weight excluding hydrogens is 366 g/mol. The van der Waals surface area contributed by atoms with E-state index in [9.17, 15) is 9.59 Å². The summed E-state index contributed by atoms with van der Waals surface area (Å²) in [6.07, 6.45) is 3.13. The molecule has 0 fully saturated rings. The number of halogens is 1. The predicted molar refractivity (Wildman–Crippen MR) is 105 cm³/mol. The lowest BCUT2D eigenvalue weighted by molar-refractivity contribution is 0.0822. The van der Waals surface area contributed by atoms with Crippen molar-refractivity contribution in [2.45, 2.75) is 0 Å². The van der Waals surface area contributed by atoms with Crippen LogP contribution in [-0.4, -0.2) is 44.2 Å². The second-order valence-corrected chi connectivity index (χ2v) is 6.80. The lowest BCUT2D eigenvalue weighted by atomic mass is 10.1. The minimum atomic E-state index is -0.344. The lowest BCUT2D eigenvalue weighted by Gasteiger charge is -2.13. The third-order valence-electron chi connectivity index (χ3n) is 4.49. The summed E-state index contributed by atoms with van der Waals surface area (Å²) in [6.45, 7) is 0. The number of carbonyl (C=O) groups excluding carboxylic acids is 1. The van der Waals surface area contributed by atoms with Crippen molar-refractivity contribution in [2.75, 3.05) is 14.1 Å². The maximum atomic E-state index is 13.3. The monoisotopic (exact) mass is 381 g/mol. The van der Waals surface area contributed by atoms with Gasteiger partial charge in [0.05, 0.1) is 22.4 Å². The highest BCUT2D eigenvalue weighted by Crippen LogP contribution is 2.33. The molecule has 0 aliphatic rings. The van der Waals surface area contributed by atoms with Gasteiger partial charge in [-0.15, -0.1) is 0 Å². The van der Waals surface area contributed by atoms with Gasteiger partial charge in [0.25, 0.3) is 11.5 Å². The molecule has 27 heavy (non-hydrogen) atoms. The number of hydrogen-bond donors (Lipinski definition) is 0. The summed E-state index contributed by atoms with van der Waals surface area (Å²) >= 11 is 6.38. The quantitative estimate of drug-likeness (QED) is 0.535. The Labute approximate surface area is 159 Å². The van der Waals surface area contributed by atoms with Gasteiger partial charge in [0, 0.05) is 38.1 Å². The number of rotatable bonds is 2. The van der Waals surface area contributed by atoms with Crippen molar-refractivity contribution in [3.63, 3.8) is 0 Å². The largest absolute Gasteiger partial charge is 0.343 e. The second kappa shape index (κ2) is 6.21. The Kier molecular flexibility index (Phi) is 3.96. The van der Waals surface area contributed by atoms with Crippen LogP contribution in [0.15, 0.2) is 47.5 Å². The molecule has 0 bridgehead atoms. The summed E-state index contributed by atoms with van der Waals surface area (Å²) in [5, 5.41) is 6.12. The number of benzene rings is 1. The molecule has 7 nitrogen and oxygen atoms in total. The maximum absolute atomic E-state index is 13.3. The minimum Gasteiger partial charge on any atom is -0.343 e. The molecule has 0 radical (unpaired) electrons. The lowest BCUT2D eigenvalue weighted by Crippen LogP contribution is -2.29. The van der Waals surface area contributed by atoms with Crippen LogP contribution in [0, 0.1) is 0 Å². The van der Waals surface area contributed by atoms with Crippen molar-refractivity contribution in [1.29, 1.82) is 0 Å². The number of carbonyl (C=O) groups is 1. The van der Waals surface area contributed by atoms with Crippen molar-refractivity contribution in [2.24, 2.45) is 7.05 Å². The fourth-order valence-electron chi connectivity index (χ4n) is 3.27. The molecule has 0 aliphatic carbocycles. The topological polar surface area (TPSA) is 73.0 Å². The zero-order valence-electron chi connectivity index (χ0n) is 15.0. The molecule has 8 heteroatoms. The highest BCUT2D eigenvalue weighted by atomic mass is 35.5. The maximum Gasteiger partial charge on any atom is 0.296 e. The van der Waals surface area contributed by atoms with Gasteiger partial charge in [-0.3, -0.25) is 14.6 Å². The molecule has 1 amide bonds. The summed E-state index contributed by atoms with van der Waals surface area (Å²) in [5.41, 5.74) is 1.37. The van der Waals surface area contributed by atoms with Crippen LogP contribution in [0.3, 0.4) is 0 Å². The number of aromatic nitrogens is 4. The number of fused-ring (bicyclic) bond motifs is 3. The van der Waals surface area contributed by atoms with Gasteiger partial charge in [-0.1, -0.05) is 23.7 Å². The van der Waals surface area contributed by atoms with E-state index in [2.05, 4.69) is 10.1 Å². The molecule has 3 aromatic heterocycles. The summed E-state index contributed by atoms with van der Waals surface area (Å²) < 4.78 is 2.93. The molecule has 0 saturated heterocycles. The summed E-state index contributed by atoms with van der Waals surface area (Å²) in [7, 11) is 5.05. The van der Waals surface area contributed by atoms with E-state index >= 15 is 0 Å². The van der Waals surface area contributed by atoms with Crippen molar-refractivity contribution in [1.82, 2.24) is 24.2 Å². The SMILES string of the molecule is CN(C)C(=O)c1nn(-c2cccnc2)c(=O)c2c1c1cccc(Cl)c1n2C. The second-order valence-electron chi connectivity index (χ2n) is 6.39. The Bertz CT molecular complexity index is 1260. The van der Waals surface area contributed by atoms with E-state index in [1.165, 1.54) is 15.8 Å². The average molecular weight is 382 g/mol. The minimum absolute atomic E-state index is 0.186. The van der Waals surface area contributed by atoms with Crippen molar-refractivity contribution < 1.29 is 4.79 Å². The Morgan fingerprint density at radius 1 is 1.15 bits per heavy atom. The Hall–Kier alpha value is -3.19. The summed E-state index contributed by atoms with van der Waals surface area (Å²) in [4.78, 5) is 31.6. The fourth-order valence-corrected chi connectivity index (χ4v) is 3.57. The zero-order chi connectivity index (χ0) is 19.3. The Morgan fingerprint density at radius 3 is 2.59 bits per heavy atom. The first-order valence-electron chi connectivity index (χ1n) is 8.23. The molecule has 1 aromatic carbocycles. The normalized spacial score (nSPS) is 11.3. The molecule has 0 unspecified atom stereocenters. The van der Waals surface area contributed by atoms with E-state index in [0.29, 0.717) is 32.5 Å². The Balaban J connectivity index is 2.25. The van der Waals surface area contributed by atoms with Gasteiger partial charge in [0.15, 0.2) is 5.69 Å². The van der Waals surface area contributed by atoms with E-state index in [4.69, 9.17) is 11.6 Å². The van der Waals surface area contributed by atoms with Gasteiger partial charge in [-0.05, 0) is 18.2 Å². The molecule has 0 spiro atoms. The highest BCUT2D eigenvalue weighted by Gasteiger charge is 2.25. The number of hydrogen-bond acceptors (Lipinski definition) is 4. The van der Waals surface area contributed by atoms with Gasteiger partial charge in [0.1, 0.15) is 5.52 Å². The van der Waals surface area contributed by atoms with Crippen LogP contribution in [-0.2, 0) is 7.05 Å². The van der Waals surface area contributed by atoms with Crippen LogP contribution < -0.4 is 5.56 Å². The van der Waals surface area contributed by atoms with Gasteiger partial charge in [-0.25, -0.2) is 0 Å². The van der Waals surface area contributed by atoms with Gasteiger partial charge < -0.3 is 9.47 Å². The predicted octanol–water partition coefficient (Wildman–Crippen LogP) is 2.63. The number of pyridine rings is 1. The fraction of sp³-hybridized carbons (Fsp3) is 0.158. The van der Waals surface area contributed by atoms with E-state index in [1.54, 1.807) is 56.2 Å². The van der Waals surface area contributed by atoms with Crippen LogP contribution in [0.4, 0.5) is 0 Å². The van der Waals surface area contributed by atoms with Gasteiger partial charge in [0.2, 0.25) is 0 Å². The zero-order valence-corrected chi connectivity index (χ0v) is 15.7. The van der Waals surface area contributed by atoms with Crippen molar-refractivity contribution in [3.8, 4) is 5.69 Å². The molecule has 4 aromatic rings. The first-order valence-corrected chi connectivity index (χ1v) is 8.61. The van der Waals surface area contributed by atoms with Crippen LogP contribution in [0.5, 0.6) is 0 Å². The number of amides is 1. The molecule has 3 heterocycles. The number of nitrogens with zero attached hydrogens (tertiary/aromatic N) is 5. The molecule has 0 saturated carbocycles. The van der Waals surface area contributed by atoms with E-state index < -0.39 is 0 Å². The molecule has 0 N–H and O–H groups in total. The smallest absolute Gasteiger partial charge is 0.296 e.